The summed E-state index contributed by atoms with van der Waals surface area (Å²) in [5, 5.41) is 16.1. The van der Waals surface area contributed by atoms with Gasteiger partial charge in [0, 0.05) is 28.9 Å². The number of aryl methyl sites for hydroxylation is 1. The summed E-state index contributed by atoms with van der Waals surface area (Å²) >= 11 is 0. The van der Waals surface area contributed by atoms with E-state index in [4.69, 9.17) is 9.47 Å². The van der Waals surface area contributed by atoms with Crippen LogP contribution in [0, 0.1) is 6.92 Å². The van der Waals surface area contributed by atoms with E-state index in [0.717, 1.165) is 33.9 Å². The largest absolute Gasteiger partial charge is 0.497 e. The van der Waals surface area contributed by atoms with Crippen LogP contribution in [-0.2, 0) is 15.4 Å². The number of carboxylic acids is 1. The fraction of sp³-hybridized carbons (Fsp3) is 0.222. The van der Waals surface area contributed by atoms with Crippen molar-refractivity contribution in [2.75, 3.05) is 35.8 Å². The third kappa shape index (κ3) is 8.07. The number of aromatic nitrogens is 2. The van der Waals surface area contributed by atoms with Crippen LogP contribution in [0.5, 0.6) is 11.5 Å². The van der Waals surface area contributed by atoms with Gasteiger partial charge in [-0.3, -0.25) is 9.52 Å². The zero-order valence-corrected chi connectivity index (χ0v) is 28.9. The second-order valence-corrected chi connectivity index (χ2v) is 14.3. The number of fused-ring (bicyclic) bond motifs is 1. The summed E-state index contributed by atoms with van der Waals surface area (Å²) in [7, 11) is -0.760. The third-order valence-electron chi connectivity index (χ3n) is 7.74. The molecular formula is C36H37N5O7S. The standard InChI is InChI=1S/C36H37N5O7S/c1-20-8-9-22(33(42)39-30-16-25(36(2,3)4)17-31(32(30)48-6)41-49(7,45)46)15-28(20)21-10-11-29-24(12-21)19-37-35(40-29)38-26-13-23(34(43)44)14-27(18-26)47-5/h8-19,41H,1-7H3,(H,39,42)(H,43,44)(H,37,38,40). The van der Waals surface area contributed by atoms with Gasteiger partial charge in [0.2, 0.25) is 16.0 Å². The van der Waals surface area contributed by atoms with Crippen LogP contribution in [0.1, 0.15) is 52.6 Å². The first-order chi connectivity index (χ1) is 23.0. The minimum Gasteiger partial charge on any atom is -0.497 e. The zero-order valence-electron chi connectivity index (χ0n) is 28.1. The van der Waals surface area contributed by atoms with Crippen molar-refractivity contribution >= 4 is 55.8 Å². The van der Waals surface area contributed by atoms with E-state index in [1.54, 1.807) is 36.5 Å². The highest BCUT2D eigenvalue weighted by Crippen LogP contribution is 2.39. The van der Waals surface area contributed by atoms with Gasteiger partial charge >= 0.3 is 5.97 Å². The number of sulfonamides is 1. The highest BCUT2D eigenvalue weighted by molar-refractivity contribution is 7.92. The van der Waals surface area contributed by atoms with E-state index in [-0.39, 0.29) is 28.4 Å². The van der Waals surface area contributed by atoms with Gasteiger partial charge < -0.3 is 25.2 Å². The Morgan fingerprint density at radius 2 is 1.61 bits per heavy atom. The van der Waals surface area contributed by atoms with Crippen molar-refractivity contribution in [2.24, 2.45) is 0 Å². The topological polar surface area (TPSA) is 169 Å². The maximum atomic E-state index is 13.7. The average molecular weight is 684 g/mol. The lowest BCUT2D eigenvalue weighted by Crippen LogP contribution is -2.18. The zero-order chi connectivity index (χ0) is 35.7. The molecule has 0 spiro atoms. The first kappa shape index (κ1) is 34.6. The Labute approximate surface area is 284 Å². The number of nitrogens with zero attached hydrogens (tertiary/aromatic N) is 2. The Morgan fingerprint density at radius 1 is 0.878 bits per heavy atom. The Kier molecular flexibility index (Phi) is 9.50. The van der Waals surface area contributed by atoms with E-state index < -0.39 is 21.9 Å². The molecule has 0 atom stereocenters. The highest BCUT2D eigenvalue weighted by Gasteiger charge is 2.23. The fourth-order valence-corrected chi connectivity index (χ4v) is 5.77. The Bertz CT molecular complexity index is 2210. The SMILES string of the molecule is COc1cc(Nc2ncc3cc(-c4cc(C(=O)Nc5cc(C(C)(C)C)cc(NS(C)(=O)=O)c5OC)ccc4C)ccc3n2)cc(C(=O)O)c1. The maximum absolute atomic E-state index is 13.7. The summed E-state index contributed by atoms with van der Waals surface area (Å²) in [5.41, 5.74) is 5.16. The van der Waals surface area contributed by atoms with E-state index in [9.17, 15) is 23.1 Å². The van der Waals surface area contributed by atoms with Crippen molar-refractivity contribution < 1.29 is 32.6 Å². The van der Waals surface area contributed by atoms with Crippen molar-refractivity contribution in [3.8, 4) is 22.6 Å². The molecule has 5 rings (SSSR count). The summed E-state index contributed by atoms with van der Waals surface area (Å²) in [5.74, 6) is -0.641. The highest BCUT2D eigenvalue weighted by atomic mass is 32.2. The van der Waals surface area contributed by atoms with Crippen LogP contribution in [0.4, 0.5) is 23.0 Å². The summed E-state index contributed by atoms with van der Waals surface area (Å²) in [6.07, 6.45) is 2.71. The molecule has 0 aliphatic carbocycles. The molecule has 0 saturated heterocycles. The molecule has 0 aliphatic rings. The number of ether oxygens (including phenoxy) is 2. The van der Waals surface area contributed by atoms with E-state index in [0.29, 0.717) is 28.2 Å². The summed E-state index contributed by atoms with van der Waals surface area (Å²) in [6, 6.07) is 19.1. The molecule has 4 aromatic carbocycles. The molecule has 4 N–H and O–H groups in total. The van der Waals surface area contributed by atoms with E-state index in [2.05, 4.69) is 25.3 Å². The van der Waals surface area contributed by atoms with Crippen LogP contribution < -0.4 is 24.8 Å². The van der Waals surface area contributed by atoms with Gasteiger partial charge in [-0.2, -0.15) is 0 Å². The van der Waals surface area contributed by atoms with E-state index in [1.807, 2.05) is 52.0 Å². The minimum atomic E-state index is -3.63. The average Bonchev–Trinajstić information content (AvgIpc) is 3.03. The van der Waals surface area contributed by atoms with Crippen LogP contribution in [0.2, 0.25) is 0 Å². The first-order valence-electron chi connectivity index (χ1n) is 15.1. The minimum absolute atomic E-state index is 0.0600. The molecule has 0 saturated carbocycles. The fourth-order valence-electron chi connectivity index (χ4n) is 5.22. The number of carbonyl (C=O) groups excluding carboxylic acids is 1. The molecule has 12 nitrogen and oxygen atoms in total. The molecule has 0 aliphatic heterocycles. The number of hydrogen-bond acceptors (Lipinski definition) is 9. The summed E-state index contributed by atoms with van der Waals surface area (Å²) in [6.45, 7) is 7.91. The molecular weight excluding hydrogens is 646 g/mol. The monoisotopic (exact) mass is 683 g/mol. The lowest BCUT2D eigenvalue weighted by molar-refractivity contribution is 0.0696. The number of carboxylic acid groups (broad SMARTS) is 1. The number of rotatable bonds is 10. The molecule has 5 aromatic rings. The van der Waals surface area contributed by atoms with Crippen molar-refractivity contribution in [1.29, 1.82) is 0 Å². The van der Waals surface area contributed by atoms with Gasteiger partial charge in [-0.05, 0) is 83.1 Å². The van der Waals surface area contributed by atoms with Crippen LogP contribution in [0.15, 0.2) is 72.9 Å². The Morgan fingerprint density at radius 3 is 2.27 bits per heavy atom. The maximum Gasteiger partial charge on any atom is 0.335 e. The number of anilines is 4. The van der Waals surface area contributed by atoms with Crippen molar-refractivity contribution in [3.05, 3.63) is 95.2 Å². The number of methoxy groups -OCH3 is 2. The quantitative estimate of drug-likeness (QED) is 0.120. The van der Waals surface area contributed by atoms with Gasteiger partial charge in [0.25, 0.3) is 5.91 Å². The number of benzene rings is 4. The smallest absolute Gasteiger partial charge is 0.335 e. The Hall–Kier alpha value is -5.69. The van der Waals surface area contributed by atoms with Gasteiger partial charge in [0.1, 0.15) is 5.75 Å². The van der Waals surface area contributed by atoms with Crippen molar-refractivity contribution in [3.63, 3.8) is 0 Å². The molecule has 1 amide bonds. The van der Waals surface area contributed by atoms with Gasteiger partial charge in [0.15, 0.2) is 5.75 Å². The second kappa shape index (κ2) is 13.4. The van der Waals surface area contributed by atoms with Crippen LogP contribution in [0.3, 0.4) is 0 Å². The number of hydrogen-bond donors (Lipinski definition) is 4. The molecule has 1 aromatic heterocycles. The van der Waals surface area contributed by atoms with Crippen molar-refractivity contribution in [2.45, 2.75) is 33.1 Å². The Balaban J connectivity index is 1.44. The normalized spacial score (nSPS) is 11.6. The molecule has 1 heterocycles. The van der Waals surface area contributed by atoms with E-state index >= 15 is 0 Å². The number of aromatic carboxylic acids is 1. The van der Waals surface area contributed by atoms with Gasteiger partial charge in [0.05, 0.1) is 42.9 Å². The lowest BCUT2D eigenvalue weighted by atomic mass is 9.86. The number of carbonyl (C=O) groups is 2. The molecule has 0 radical (unpaired) electrons. The van der Waals surface area contributed by atoms with Crippen LogP contribution in [0.25, 0.3) is 22.0 Å². The third-order valence-corrected chi connectivity index (χ3v) is 8.33. The van der Waals surface area contributed by atoms with Gasteiger partial charge in [-0.15, -0.1) is 0 Å². The molecule has 13 heteroatoms. The molecule has 0 bridgehead atoms. The van der Waals surface area contributed by atoms with E-state index in [1.165, 1.54) is 26.4 Å². The predicted octanol–water partition coefficient (Wildman–Crippen LogP) is 6.99. The van der Waals surface area contributed by atoms with Gasteiger partial charge in [-0.1, -0.05) is 32.9 Å². The summed E-state index contributed by atoms with van der Waals surface area (Å²) in [4.78, 5) is 34.2. The number of nitrogens with one attached hydrogen (secondary N) is 3. The second-order valence-electron chi connectivity index (χ2n) is 12.6. The van der Waals surface area contributed by atoms with Crippen LogP contribution in [-0.4, -0.2) is 55.8 Å². The van der Waals surface area contributed by atoms with Crippen molar-refractivity contribution in [1.82, 2.24) is 9.97 Å². The van der Waals surface area contributed by atoms with Crippen LogP contribution >= 0.6 is 0 Å². The summed E-state index contributed by atoms with van der Waals surface area (Å²) < 4.78 is 37.5. The molecule has 254 valence electrons. The number of amides is 1. The van der Waals surface area contributed by atoms with Gasteiger partial charge in [-0.25, -0.2) is 23.2 Å². The lowest BCUT2D eigenvalue weighted by Gasteiger charge is -2.24. The molecule has 0 unspecified atom stereocenters. The molecule has 49 heavy (non-hydrogen) atoms. The molecule has 0 fully saturated rings. The predicted molar refractivity (Wildman–Crippen MR) is 191 cm³/mol. The first-order valence-corrected chi connectivity index (χ1v) is 17.0.